The second-order valence-electron chi connectivity index (χ2n) is 5.32. The number of benzene rings is 2. The fourth-order valence-electron chi connectivity index (χ4n) is 2.26. The molecule has 0 aromatic heterocycles. The molecule has 1 unspecified atom stereocenters. The van der Waals surface area contributed by atoms with Gasteiger partial charge in [0.2, 0.25) is 5.91 Å². The van der Waals surface area contributed by atoms with Gasteiger partial charge in [-0.15, -0.1) is 0 Å². The molecule has 0 radical (unpaired) electrons. The highest BCUT2D eigenvalue weighted by Gasteiger charge is 2.33. The Morgan fingerprint density at radius 3 is 2.33 bits per heavy atom. The largest absolute Gasteiger partial charge is 0.339 e. The summed E-state index contributed by atoms with van der Waals surface area (Å²) in [7, 11) is 1.77. The quantitative estimate of drug-likeness (QED) is 0.923. The lowest BCUT2D eigenvalue weighted by Gasteiger charge is -2.30. The minimum atomic E-state index is -1.03. The highest BCUT2D eigenvalue weighted by molar-refractivity contribution is 9.10. The molecule has 2 aromatic rings. The van der Waals surface area contributed by atoms with Crippen LogP contribution in [0.4, 0.5) is 0 Å². The first-order chi connectivity index (χ1) is 9.93. The van der Waals surface area contributed by atoms with Crippen LogP contribution in [0.15, 0.2) is 59.1 Å². The molecule has 2 rings (SSSR count). The highest BCUT2D eigenvalue weighted by Crippen LogP contribution is 2.22. The minimum absolute atomic E-state index is 0.107. The maximum absolute atomic E-state index is 12.7. The van der Waals surface area contributed by atoms with Crippen LogP contribution in [0, 0.1) is 0 Å². The van der Waals surface area contributed by atoms with Crippen LogP contribution in [0.5, 0.6) is 0 Å². The van der Waals surface area contributed by atoms with E-state index in [1.165, 1.54) is 0 Å². The zero-order valence-corrected chi connectivity index (χ0v) is 13.8. The molecule has 0 aliphatic carbocycles. The van der Waals surface area contributed by atoms with Crippen LogP contribution >= 0.6 is 15.9 Å². The van der Waals surface area contributed by atoms with Crippen LogP contribution in [0.2, 0.25) is 0 Å². The van der Waals surface area contributed by atoms with Gasteiger partial charge in [0.1, 0.15) is 5.54 Å². The predicted molar refractivity (Wildman–Crippen MR) is 88.6 cm³/mol. The van der Waals surface area contributed by atoms with Gasteiger partial charge in [0, 0.05) is 18.1 Å². The predicted octanol–water partition coefficient (Wildman–Crippen LogP) is 3.28. The number of halogens is 1. The molecule has 4 heteroatoms. The van der Waals surface area contributed by atoms with E-state index in [0.717, 1.165) is 15.6 Å². The van der Waals surface area contributed by atoms with Gasteiger partial charge in [-0.3, -0.25) is 4.79 Å². The van der Waals surface area contributed by atoms with Crippen LogP contribution < -0.4 is 5.73 Å². The van der Waals surface area contributed by atoms with Gasteiger partial charge in [0.15, 0.2) is 0 Å². The van der Waals surface area contributed by atoms with Crippen molar-refractivity contribution >= 4 is 21.8 Å². The molecular formula is C17H19BrN2O. The summed E-state index contributed by atoms with van der Waals surface area (Å²) in [5.41, 5.74) is 7.11. The van der Waals surface area contributed by atoms with Gasteiger partial charge >= 0.3 is 0 Å². The molecule has 0 saturated carbocycles. The van der Waals surface area contributed by atoms with E-state index in [2.05, 4.69) is 15.9 Å². The molecule has 0 fully saturated rings. The summed E-state index contributed by atoms with van der Waals surface area (Å²) in [6.07, 6.45) is 0. The Bertz CT molecular complexity index is 626. The van der Waals surface area contributed by atoms with Crippen molar-refractivity contribution in [2.45, 2.75) is 19.0 Å². The number of carbonyl (C=O) groups is 1. The zero-order valence-electron chi connectivity index (χ0n) is 12.2. The van der Waals surface area contributed by atoms with Gasteiger partial charge in [-0.1, -0.05) is 64.5 Å². The third-order valence-corrected chi connectivity index (χ3v) is 4.30. The van der Waals surface area contributed by atoms with Crippen molar-refractivity contribution in [1.82, 2.24) is 4.90 Å². The smallest absolute Gasteiger partial charge is 0.247 e. The van der Waals surface area contributed by atoms with E-state index < -0.39 is 5.54 Å². The summed E-state index contributed by atoms with van der Waals surface area (Å²) in [5.74, 6) is -0.107. The molecule has 0 saturated heterocycles. The van der Waals surface area contributed by atoms with E-state index in [1.807, 2.05) is 54.6 Å². The summed E-state index contributed by atoms with van der Waals surface area (Å²) in [6.45, 7) is 2.26. The molecule has 0 bridgehead atoms. The maximum Gasteiger partial charge on any atom is 0.247 e. The van der Waals surface area contributed by atoms with Crippen LogP contribution in [-0.4, -0.2) is 17.9 Å². The van der Waals surface area contributed by atoms with E-state index in [4.69, 9.17) is 5.73 Å². The van der Waals surface area contributed by atoms with Crippen LogP contribution in [0.3, 0.4) is 0 Å². The molecule has 0 spiro atoms. The lowest BCUT2D eigenvalue weighted by Crippen LogP contribution is -2.49. The number of nitrogens with two attached hydrogens (primary N) is 1. The van der Waals surface area contributed by atoms with E-state index in [0.29, 0.717) is 6.54 Å². The molecule has 0 aliphatic heterocycles. The SMILES string of the molecule is CN(Cc1ccccc1Br)C(=O)C(C)(N)c1ccccc1. The monoisotopic (exact) mass is 346 g/mol. The lowest BCUT2D eigenvalue weighted by molar-refractivity contribution is -0.136. The first-order valence-corrected chi connectivity index (χ1v) is 7.55. The maximum atomic E-state index is 12.7. The molecule has 2 N–H and O–H groups in total. The van der Waals surface area contributed by atoms with Crippen molar-refractivity contribution in [3.05, 3.63) is 70.2 Å². The first kappa shape index (κ1) is 15.7. The van der Waals surface area contributed by atoms with Gasteiger partial charge in [-0.2, -0.15) is 0 Å². The van der Waals surface area contributed by atoms with Gasteiger partial charge < -0.3 is 10.6 Å². The van der Waals surface area contributed by atoms with Gasteiger partial charge in [-0.05, 0) is 24.1 Å². The van der Waals surface area contributed by atoms with E-state index in [9.17, 15) is 4.79 Å². The van der Waals surface area contributed by atoms with E-state index >= 15 is 0 Å². The average molecular weight is 347 g/mol. The standard InChI is InChI=1S/C17H19BrN2O/c1-17(19,14-9-4-3-5-10-14)16(21)20(2)12-13-8-6-7-11-15(13)18/h3-11H,12,19H2,1-2H3. The summed E-state index contributed by atoms with van der Waals surface area (Å²) >= 11 is 3.50. The van der Waals surface area contributed by atoms with E-state index in [-0.39, 0.29) is 5.91 Å². The van der Waals surface area contributed by atoms with Gasteiger partial charge in [-0.25, -0.2) is 0 Å². The van der Waals surface area contributed by atoms with Crippen molar-refractivity contribution < 1.29 is 4.79 Å². The zero-order chi connectivity index (χ0) is 15.5. The summed E-state index contributed by atoms with van der Waals surface area (Å²) in [6, 6.07) is 17.3. The number of carbonyl (C=O) groups excluding carboxylic acids is 1. The van der Waals surface area contributed by atoms with Crippen LogP contribution in [0.25, 0.3) is 0 Å². The van der Waals surface area contributed by atoms with Crippen molar-refractivity contribution in [3.8, 4) is 0 Å². The molecule has 0 aliphatic rings. The fraction of sp³-hybridized carbons (Fsp3) is 0.235. The van der Waals surface area contributed by atoms with Crippen molar-refractivity contribution in [2.24, 2.45) is 5.73 Å². The Balaban J connectivity index is 2.18. The fourth-order valence-corrected chi connectivity index (χ4v) is 2.67. The third kappa shape index (κ3) is 3.52. The molecule has 21 heavy (non-hydrogen) atoms. The number of nitrogens with zero attached hydrogens (tertiary/aromatic N) is 1. The topological polar surface area (TPSA) is 46.3 Å². The lowest BCUT2D eigenvalue weighted by atomic mass is 9.91. The van der Waals surface area contributed by atoms with Crippen LogP contribution in [0.1, 0.15) is 18.1 Å². The molecule has 110 valence electrons. The Morgan fingerprint density at radius 1 is 1.14 bits per heavy atom. The number of hydrogen-bond acceptors (Lipinski definition) is 2. The minimum Gasteiger partial charge on any atom is -0.339 e. The van der Waals surface area contributed by atoms with Crippen molar-refractivity contribution in [1.29, 1.82) is 0 Å². The van der Waals surface area contributed by atoms with E-state index in [1.54, 1.807) is 18.9 Å². The Hall–Kier alpha value is -1.65. The van der Waals surface area contributed by atoms with Gasteiger partial charge in [0.25, 0.3) is 0 Å². The second kappa shape index (κ2) is 6.41. The second-order valence-corrected chi connectivity index (χ2v) is 6.18. The first-order valence-electron chi connectivity index (χ1n) is 6.76. The Kier molecular flexibility index (Phi) is 4.80. The average Bonchev–Trinajstić information content (AvgIpc) is 2.49. The number of likely N-dealkylation sites (N-methyl/N-ethyl adjacent to an activating group) is 1. The highest BCUT2D eigenvalue weighted by atomic mass is 79.9. The Labute approximate surface area is 133 Å². The molecule has 1 atom stereocenters. The van der Waals surface area contributed by atoms with Gasteiger partial charge in [0.05, 0.1) is 0 Å². The Morgan fingerprint density at radius 2 is 1.71 bits per heavy atom. The van der Waals surface area contributed by atoms with Crippen molar-refractivity contribution in [3.63, 3.8) is 0 Å². The summed E-state index contributed by atoms with van der Waals surface area (Å²) < 4.78 is 0.989. The molecule has 2 aromatic carbocycles. The molecular weight excluding hydrogens is 328 g/mol. The third-order valence-electron chi connectivity index (χ3n) is 3.53. The van der Waals surface area contributed by atoms with Crippen molar-refractivity contribution in [2.75, 3.05) is 7.05 Å². The number of hydrogen-bond donors (Lipinski definition) is 1. The molecule has 0 heterocycles. The normalized spacial score (nSPS) is 13.5. The summed E-state index contributed by atoms with van der Waals surface area (Å²) in [5, 5.41) is 0. The summed E-state index contributed by atoms with van der Waals surface area (Å²) in [4.78, 5) is 14.3. The molecule has 3 nitrogen and oxygen atoms in total. The molecule has 1 amide bonds. The van der Waals surface area contributed by atoms with Crippen LogP contribution in [-0.2, 0) is 16.9 Å². The number of rotatable bonds is 4. The number of amides is 1.